The minimum absolute atomic E-state index is 0.372. The first-order chi connectivity index (χ1) is 10.2. The average Bonchev–Trinajstić information content (AvgIpc) is 2.92. The van der Waals surface area contributed by atoms with E-state index < -0.39 is 0 Å². The van der Waals surface area contributed by atoms with Gasteiger partial charge in [-0.15, -0.1) is 11.3 Å². The Morgan fingerprint density at radius 3 is 2.48 bits per heavy atom. The van der Waals surface area contributed by atoms with Crippen LogP contribution in [0.3, 0.4) is 0 Å². The highest BCUT2D eigenvalue weighted by Gasteiger charge is 2.14. The van der Waals surface area contributed by atoms with E-state index in [4.69, 9.17) is 0 Å². The van der Waals surface area contributed by atoms with Gasteiger partial charge >= 0.3 is 0 Å². The molecule has 4 nitrogen and oxygen atoms in total. The van der Waals surface area contributed by atoms with E-state index in [0.29, 0.717) is 5.92 Å². The van der Waals surface area contributed by atoms with E-state index in [2.05, 4.69) is 59.7 Å². The van der Waals surface area contributed by atoms with Gasteiger partial charge in [0.25, 0.3) is 0 Å². The number of rotatable bonds is 7. The van der Waals surface area contributed by atoms with Crippen molar-refractivity contribution in [1.29, 1.82) is 0 Å². The molecule has 0 atom stereocenters. The van der Waals surface area contributed by atoms with E-state index in [-0.39, 0.29) is 0 Å². The predicted molar refractivity (Wildman–Crippen MR) is 91.3 cm³/mol. The van der Waals surface area contributed by atoms with Crippen LogP contribution >= 0.6 is 11.3 Å². The molecule has 0 aromatic carbocycles. The van der Waals surface area contributed by atoms with Crippen molar-refractivity contribution in [2.45, 2.75) is 46.6 Å². The molecule has 0 amide bonds. The number of aryl methyl sites for hydroxylation is 1. The lowest BCUT2D eigenvalue weighted by Crippen LogP contribution is -2.11. The second-order valence-electron chi connectivity index (χ2n) is 5.25. The largest absolute Gasteiger partial charge is 0.370 e. The van der Waals surface area contributed by atoms with Gasteiger partial charge in [-0.2, -0.15) is 0 Å². The van der Waals surface area contributed by atoms with Crippen LogP contribution in [0.2, 0.25) is 0 Å². The van der Waals surface area contributed by atoms with Crippen molar-refractivity contribution < 1.29 is 0 Å². The molecule has 0 unspecified atom stereocenters. The van der Waals surface area contributed by atoms with Crippen molar-refractivity contribution in [3.63, 3.8) is 0 Å². The second-order valence-corrected chi connectivity index (χ2v) is 6.25. The number of hydrogen-bond acceptors (Lipinski definition) is 5. The molecule has 2 N–H and O–H groups in total. The SMILES string of the molecule is CCNc1ncnc(NCc2sccc2CC)c1C(C)C. The van der Waals surface area contributed by atoms with Gasteiger partial charge in [0, 0.05) is 17.0 Å². The molecular weight excluding hydrogens is 280 g/mol. The van der Waals surface area contributed by atoms with Gasteiger partial charge in [-0.05, 0) is 36.3 Å². The Morgan fingerprint density at radius 1 is 1.14 bits per heavy atom. The van der Waals surface area contributed by atoms with Crippen LogP contribution in [-0.4, -0.2) is 16.5 Å². The smallest absolute Gasteiger partial charge is 0.135 e. The Labute approximate surface area is 131 Å². The topological polar surface area (TPSA) is 49.8 Å². The number of hydrogen-bond donors (Lipinski definition) is 2. The molecule has 0 saturated carbocycles. The van der Waals surface area contributed by atoms with E-state index in [0.717, 1.165) is 36.7 Å². The van der Waals surface area contributed by atoms with Crippen molar-refractivity contribution in [2.75, 3.05) is 17.2 Å². The summed E-state index contributed by atoms with van der Waals surface area (Å²) in [6, 6.07) is 2.20. The molecule has 21 heavy (non-hydrogen) atoms. The summed E-state index contributed by atoms with van der Waals surface area (Å²) in [5.74, 6) is 2.25. The van der Waals surface area contributed by atoms with Gasteiger partial charge < -0.3 is 10.6 Å². The lowest BCUT2D eigenvalue weighted by atomic mass is 10.0. The summed E-state index contributed by atoms with van der Waals surface area (Å²) in [5.41, 5.74) is 2.58. The van der Waals surface area contributed by atoms with Crippen LogP contribution in [-0.2, 0) is 13.0 Å². The van der Waals surface area contributed by atoms with E-state index in [1.807, 2.05) is 0 Å². The van der Waals surface area contributed by atoms with Crippen molar-refractivity contribution in [1.82, 2.24) is 9.97 Å². The van der Waals surface area contributed by atoms with E-state index in [1.54, 1.807) is 17.7 Å². The maximum Gasteiger partial charge on any atom is 0.135 e. The molecular formula is C16H24N4S. The first-order valence-electron chi connectivity index (χ1n) is 7.55. The zero-order chi connectivity index (χ0) is 15.2. The van der Waals surface area contributed by atoms with Crippen LogP contribution in [0.15, 0.2) is 17.8 Å². The van der Waals surface area contributed by atoms with E-state index >= 15 is 0 Å². The number of nitrogens with zero attached hydrogens (tertiary/aromatic N) is 2. The summed E-state index contributed by atoms with van der Waals surface area (Å²) >= 11 is 1.80. The lowest BCUT2D eigenvalue weighted by Gasteiger charge is -2.17. The highest BCUT2D eigenvalue weighted by Crippen LogP contribution is 2.29. The predicted octanol–water partition coefficient (Wildman–Crippen LogP) is 4.27. The van der Waals surface area contributed by atoms with Gasteiger partial charge in [0.1, 0.15) is 18.0 Å². The van der Waals surface area contributed by atoms with E-state index in [1.165, 1.54) is 10.4 Å². The standard InChI is InChI=1S/C16H24N4S/c1-5-12-7-8-21-13(12)9-18-16-14(11(3)4)15(17-6-2)19-10-20-16/h7-8,10-11H,5-6,9H2,1-4H3,(H2,17,18,19,20). The minimum atomic E-state index is 0.372. The fraction of sp³-hybridized carbons (Fsp3) is 0.500. The van der Waals surface area contributed by atoms with Crippen LogP contribution in [0.25, 0.3) is 0 Å². The molecule has 2 aromatic rings. The van der Waals surface area contributed by atoms with E-state index in [9.17, 15) is 0 Å². The third-order valence-corrected chi connectivity index (χ3v) is 4.40. The third kappa shape index (κ3) is 3.73. The fourth-order valence-corrected chi connectivity index (χ4v) is 3.31. The Bertz CT molecular complexity index is 577. The van der Waals surface area contributed by atoms with Gasteiger partial charge in [0.2, 0.25) is 0 Å². The van der Waals surface area contributed by atoms with Crippen molar-refractivity contribution in [2.24, 2.45) is 0 Å². The summed E-state index contributed by atoms with van der Waals surface area (Å²) in [6.07, 6.45) is 2.70. The Hall–Kier alpha value is -1.62. The number of aromatic nitrogens is 2. The minimum Gasteiger partial charge on any atom is -0.370 e. The van der Waals surface area contributed by atoms with Gasteiger partial charge in [0.05, 0.1) is 6.54 Å². The highest BCUT2D eigenvalue weighted by atomic mass is 32.1. The quantitative estimate of drug-likeness (QED) is 0.802. The molecule has 0 fully saturated rings. The summed E-state index contributed by atoms with van der Waals surface area (Å²) in [5, 5.41) is 8.97. The third-order valence-electron chi connectivity index (χ3n) is 3.44. The number of anilines is 2. The highest BCUT2D eigenvalue weighted by molar-refractivity contribution is 7.10. The van der Waals surface area contributed by atoms with Crippen molar-refractivity contribution in [3.8, 4) is 0 Å². The van der Waals surface area contributed by atoms with Gasteiger partial charge in [0.15, 0.2) is 0 Å². The van der Waals surface area contributed by atoms with Crippen LogP contribution in [0.5, 0.6) is 0 Å². The first-order valence-corrected chi connectivity index (χ1v) is 8.43. The van der Waals surface area contributed by atoms with Gasteiger partial charge in [-0.25, -0.2) is 9.97 Å². The van der Waals surface area contributed by atoms with Crippen LogP contribution < -0.4 is 10.6 Å². The van der Waals surface area contributed by atoms with Crippen molar-refractivity contribution >= 4 is 23.0 Å². The molecule has 0 aliphatic heterocycles. The average molecular weight is 304 g/mol. The molecule has 2 heterocycles. The summed E-state index contributed by atoms with van der Waals surface area (Å²) in [6.45, 7) is 10.3. The molecule has 2 aromatic heterocycles. The van der Waals surface area contributed by atoms with Crippen LogP contribution in [0.4, 0.5) is 11.6 Å². The zero-order valence-electron chi connectivity index (χ0n) is 13.2. The summed E-state index contributed by atoms with van der Waals surface area (Å²) in [4.78, 5) is 10.2. The molecule has 5 heteroatoms. The van der Waals surface area contributed by atoms with Crippen LogP contribution in [0.1, 0.15) is 49.6 Å². The Balaban J connectivity index is 2.21. The second kappa shape index (κ2) is 7.41. The summed E-state index contributed by atoms with van der Waals surface area (Å²) < 4.78 is 0. The molecule has 0 bridgehead atoms. The Kier molecular flexibility index (Phi) is 5.56. The normalized spacial score (nSPS) is 10.9. The molecule has 0 aliphatic carbocycles. The molecule has 0 saturated heterocycles. The molecule has 0 radical (unpaired) electrons. The Morgan fingerprint density at radius 2 is 1.86 bits per heavy atom. The monoisotopic (exact) mass is 304 g/mol. The van der Waals surface area contributed by atoms with Gasteiger partial charge in [-0.1, -0.05) is 20.8 Å². The van der Waals surface area contributed by atoms with Crippen LogP contribution in [0, 0.1) is 0 Å². The maximum absolute atomic E-state index is 4.44. The molecule has 2 rings (SSSR count). The maximum atomic E-state index is 4.44. The van der Waals surface area contributed by atoms with Crippen molar-refractivity contribution in [3.05, 3.63) is 33.8 Å². The first kappa shape index (κ1) is 15.8. The zero-order valence-corrected chi connectivity index (χ0v) is 14.0. The molecule has 114 valence electrons. The fourth-order valence-electron chi connectivity index (χ4n) is 2.39. The number of nitrogens with one attached hydrogen (secondary N) is 2. The van der Waals surface area contributed by atoms with Gasteiger partial charge in [-0.3, -0.25) is 0 Å². The summed E-state index contributed by atoms with van der Waals surface area (Å²) in [7, 11) is 0. The molecule has 0 spiro atoms. The molecule has 0 aliphatic rings. The lowest BCUT2D eigenvalue weighted by molar-refractivity contribution is 0.844. The number of thiophene rings is 1.